The van der Waals surface area contributed by atoms with E-state index in [-0.39, 0.29) is 0 Å². The fourth-order valence-electron chi connectivity index (χ4n) is 2.68. The molecule has 15 heavy (non-hydrogen) atoms. The number of H-pyrrole nitrogens is 1. The maximum atomic E-state index is 5.28. The second kappa shape index (κ2) is 2.97. The summed E-state index contributed by atoms with van der Waals surface area (Å²) >= 11 is 5.28. The van der Waals surface area contributed by atoms with Gasteiger partial charge in [-0.1, -0.05) is 27.7 Å². The molecule has 0 amide bonds. The van der Waals surface area contributed by atoms with E-state index in [1.165, 1.54) is 5.69 Å². The number of aryl methyl sites for hydroxylation is 1. The van der Waals surface area contributed by atoms with Gasteiger partial charge in [-0.3, -0.25) is 0 Å². The molecule has 1 aliphatic carbocycles. The molecule has 0 bridgehead atoms. The molecule has 3 heteroatoms. The van der Waals surface area contributed by atoms with Crippen LogP contribution in [0.25, 0.3) is 0 Å². The fraction of sp³-hybridized carbons (Fsp3) is 0.750. The Morgan fingerprint density at radius 3 is 2.20 bits per heavy atom. The molecule has 0 unspecified atom stereocenters. The minimum Gasteiger partial charge on any atom is -0.337 e. The summed E-state index contributed by atoms with van der Waals surface area (Å²) in [6, 6.07) is 0. The largest absolute Gasteiger partial charge is 0.337 e. The summed E-state index contributed by atoms with van der Waals surface area (Å²) in [5.41, 5.74) is 2.11. The maximum absolute atomic E-state index is 5.28. The van der Waals surface area contributed by atoms with Gasteiger partial charge >= 0.3 is 0 Å². The molecule has 0 saturated heterocycles. The monoisotopic (exact) mass is 224 g/mol. The molecule has 0 radical (unpaired) electrons. The van der Waals surface area contributed by atoms with Gasteiger partial charge in [0.15, 0.2) is 4.77 Å². The molecule has 2 rings (SSSR count). The van der Waals surface area contributed by atoms with Crippen LogP contribution >= 0.6 is 12.2 Å². The summed E-state index contributed by atoms with van der Waals surface area (Å²) < 4.78 is 3.07. The van der Waals surface area contributed by atoms with Crippen LogP contribution in [0.3, 0.4) is 0 Å². The first-order valence-electron chi connectivity index (χ1n) is 5.53. The molecule has 1 aromatic heterocycles. The lowest BCUT2D eigenvalue weighted by atomic mass is 10.0. The number of aromatic amines is 1. The SMILES string of the molecule is Cc1c[nH]c(=S)n1CC1C(C)(C)C1(C)C. The van der Waals surface area contributed by atoms with Crippen molar-refractivity contribution in [1.29, 1.82) is 0 Å². The van der Waals surface area contributed by atoms with Crippen molar-refractivity contribution in [3.8, 4) is 0 Å². The van der Waals surface area contributed by atoms with Gasteiger partial charge in [-0.15, -0.1) is 0 Å². The minimum absolute atomic E-state index is 0.436. The summed E-state index contributed by atoms with van der Waals surface area (Å²) in [5, 5.41) is 0. The molecule has 1 aromatic rings. The predicted molar refractivity (Wildman–Crippen MR) is 65.4 cm³/mol. The molecule has 1 heterocycles. The molecule has 2 nitrogen and oxygen atoms in total. The third-order valence-electron chi connectivity index (χ3n) is 4.76. The number of nitrogens with one attached hydrogen (secondary N) is 1. The number of aromatic nitrogens is 2. The summed E-state index contributed by atoms with van der Waals surface area (Å²) in [5.74, 6) is 0.728. The van der Waals surface area contributed by atoms with Gasteiger partial charge in [0.25, 0.3) is 0 Å². The van der Waals surface area contributed by atoms with Crippen LogP contribution < -0.4 is 0 Å². The van der Waals surface area contributed by atoms with Gasteiger partial charge in [0, 0.05) is 18.4 Å². The molecular weight excluding hydrogens is 204 g/mol. The van der Waals surface area contributed by atoms with Crippen molar-refractivity contribution >= 4 is 12.2 Å². The van der Waals surface area contributed by atoms with E-state index in [2.05, 4.69) is 44.2 Å². The Labute approximate surface area is 96.7 Å². The van der Waals surface area contributed by atoms with Gasteiger partial charge < -0.3 is 9.55 Å². The Morgan fingerprint density at radius 2 is 1.87 bits per heavy atom. The van der Waals surface area contributed by atoms with Gasteiger partial charge in [0.05, 0.1) is 0 Å². The second-order valence-corrected chi connectivity index (χ2v) is 6.23. The van der Waals surface area contributed by atoms with Crippen molar-refractivity contribution in [3.63, 3.8) is 0 Å². The molecule has 1 aliphatic rings. The number of nitrogens with zero attached hydrogens (tertiary/aromatic N) is 1. The van der Waals surface area contributed by atoms with Crippen molar-refractivity contribution in [1.82, 2.24) is 9.55 Å². The van der Waals surface area contributed by atoms with Crippen molar-refractivity contribution in [3.05, 3.63) is 16.7 Å². The van der Waals surface area contributed by atoms with E-state index in [1.807, 2.05) is 6.20 Å². The molecule has 1 fully saturated rings. The van der Waals surface area contributed by atoms with Crippen molar-refractivity contribution < 1.29 is 0 Å². The van der Waals surface area contributed by atoms with E-state index in [9.17, 15) is 0 Å². The average molecular weight is 224 g/mol. The number of hydrogen-bond donors (Lipinski definition) is 1. The summed E-state index contributed by atoms with van der Waals surface area (Å²) in [6.45, 7) is 12.6. The zero-order chi connectivity index (χ0) is 11.4. The normalized spacial score (nSPS) is 23.0. The molecule has 1 saturated carbocycles. The minimum atomic E-state index is 0.436. The number of hydrogen-bond acceptors (Lipinski definition) is 1. The Balaban J connectivity index is 2.23. The highest BCUT2D eigenvalue weighted by molar-refractivity contribution is 7.71. The summed E-state index contributed by atoms with van der Waals surface area (Å²) in [4.78, 5) is 3.10. The quantitative estimate of drug-likeness (QED) is 0.762. The van der Waals surface area contributed by atoms with Gasteiger partial charge in [-0.05, 0) is 35.9 Å². The molecule has 0 atom stereocenters. The molecule has 0 aliphatic heterocycles. The Kier molecular flexibility index (Phi) is 2.16. The Hall–Kier alpha value is -0.570. The highest BCUT2D eigenvalue weighted by Crippen LogP contribution is 2.68. The van der Waals surface area contributed by atoms with E-state index in [4.69, 9.17) is 12.2 Å². The van der Waals surface area contributed by atoms with E-state index in [1.54, 1.807) is 0 Å². The third-order valence-corrected chi connectivity index (χ3v) is 5.10. The highest BCUT2D eigenvalue weighted by Gasteiger charge is 2.64. The Bertz CT molecular complexity index is 423. The van der Waals surface area contributed by atoms with Crippen molar-refractivity contribution in [2.75, 3.05) is 0 Å². The van der Waals surface area contributed by atoms with Crippen LogP contribution in [0.5, 0.6) is 0 Å². The summed E-state index contributed by atoms with van der Waals surface area (Å²) in [6.07, 6.45) is 1.99. The third kappa shape index (κ3) is 1.40. The zero-order valence-electron chi connectivity index (χ0n) is 10.2. The molecule has 0 aromatic carbocycles. The lowest BCUT2D eigenvalue weighted by molar-refractivity contribution is 0.457. The van der Waals surface area contributed by atoms with Gasteiger partial charge in [0.2, 0.25) is 0 Å². The van der Waals surface area contributed by atoms with Crippen LogP contribution in [0.1, 0.15) is 33.4 Å². The zero-order valence-corrected chi connectivity index (χ0v) is 11.0. The van der Waals surface area contributed by atoms with Crippen molar-refractivity contribution in [2.45, 2.75) is 41.2 Å². The molecule has 1 N–H and O–H groups in total. The Morgan fingerprint density at radius 1 is 1.33 bits per heavy atom. The van der Waals surface area contributed by atoms with Crippen LogP contribution in [0.4, 0.5) is 0 Å². The van der Waals surface area contributed by atoms with Gasteiger partial charge in [-0.2, -0.15) is 0 Å². The van der Waals surface area contributed by atoms with E-state index in [0.717, 1.165) is 17.2 Å². The predicted octanol–water partition coefficient (Wildman–Crippen LogP) is 3.54. The number of imidazole rings is 1. The van der Waals surface area contributed by atoms with Crippen LogP contribution in [0, 0.1) is 28.4 Å². The lowest BCUT2D eigenvalue weighted by Crippen LogP contribution is -2.06. The average Bonchev–Trinajstić information content (AvgIpc) is 2.41. The van der Waals surface area contributed by atoms with Gasteiger partial charge in [0.1, 0.15) is 0 Å². The first-order chi connectivity index (χ1) is 6.78. The first-order valence-corrected chi connectivity index (χ1v) is 5.94. The highest BCUT2D eigenvalue weighted by atomic mass is 32.1. The fourth-order valence-corrected chi connectivity index (χ4v) is 2.96. The van der Waals surface area contributed by atoms with Gasteiger partial charge in [-0.25, -0.2) is 0 Å². The van der Waals surface area contributed by atoms with Crippen LogP contribution in [-0.4, -0.2) is 9.55 Å². The smallest absolute Gasteiger partial charge is 0.177 e. The first kappa shape index (κ1) is 10.9. The molecular formula is C12H20N2S. The topological polar surface area (TPSA) is 20.7 Å². The standard InChI is InChI=1S/C12H20N2S/c1-8-6-13-10(15)14(8)7-9-11(2,3)12(9,4)5/h6,9H,7H2,1-5H3,(H,13,15). The second-order valence-electron chi connectivity index (χ2n) is 5.84. The van der Waals surface area contributed by atoms with E-state index < -0.39 is 0 Å². The maximum Gasteiger partial charge on any atom is 0.177 e. The molecule has 0 spiro atoms. The van der Waals surface area contributed by atoms with E-state index >= 15 is 0 Å². The van der Waals surface area contributed by atoms with Crippen molar-refractivity contribution in [2.24, 2.45) is 16.7 Å². The summed E-state index contributed by atoms with van der Waals surface area (Å²) in [7, 11) is 0. The lowest BCUT2D eigenvalue weighted by Gasteiger charge is -2.06. The van der Waals surface area contributed by atoms with E-state index in [0.29, 0.717) is 10.8 Å². The van der Waals surface area contributed by atoms with Crippen LogP contribution in [0.15, 0.2) is 6.20 Å². The van der Waals surface area contributed by atoms with Crippen LogP contribution in [0.2, 0.25) is 0 Å². The molecule has 84 valence electrons. The number of rotatable bonds is 2. The van der Waals surface area contributed by atoms with Crippen LogP contribution in [-0.2, 0) is 6.54 Å².